The summed E-state index contributed by atoms with van der Waals surface area (Å²) in [5.74, 6) is 0.945. The number of fused-ring (bicyclic) bond motifs is 1. The Labute approximate surface area is 103 Å². The number of anilines is 1. The Morgan fingerprint density at radius 3 is 3.06 bits per heavy atom. The van der Waals surface area contributed by atoms with Gasteiger partial charge in [0.25, 0.3) is 0 Å². The summed E-state index contributed by atoms with van der Waals surface area (Å²) in [7, 11) is 0. The molecule has 1 aliphatic heterocycles. The summed E-state index contributed by atoms with van der Waals surface area (Å²) < 4.78 is 0. The molecule has 0 radical (unpaired) electrons. The lowest BCUT2D eigenvalue weighted by Crippen LogP contribution is -2.33. The normalized spacial score (nSPS) is 27.6. The van der Waals surface area contributed by atoms with Gasteiger partial charge in [-0.05, 0) is 42.9 Å². The fraction of sp³-hybridized carbons (Fsp3) is 0.533. The topological polar surface area (TPSA) is 20.3 Å². The van der Waals surface area contributed by atoms with Crippen molar-refractivity contribution in [1.29, 1.82) is 0 Å². The lowest BCUT2D eigenvalue weighted by atomic mass is 10.0. The monoisotopic (exact) mass is 229 g/mol. The maximum absolute atomic E-state index is 12.1. The van der Waals surface area contributed by atoms with Crippen LogP contribution in [0, 0.1) is 5.92 Å². The summed E-state index contributed by atoms with van der Waals surface area (Å²) in [6.07, 6.45) is 5.50. The number of amides is 1. The molecule has 0 bridgehead atoms. The van der Waals surface area contributed by atoms with Crippen LogP contribution in [0.4, 0.5) is 5.69 Å². The highest BCUT2D eigenvalue weighted by Crippen LogP contribution is 2.41. The maximum atomic E-state index is 12.1. The summed E-state index contributed by atoms with van der Waals surface area (Å²) >= 11 is 0. The van der Waals surface area contributed by atoms with Crippen molar-refractivity contribution in [2.75, 3.05) is 4.90 Å². The van der Waals surface area contributed by atoms with Gasteiger partial charge in [0.15, 0.2) is 0 Å². The van der Waals surface area contributed by atoms with E-state index in [0.717, 1.165) is 18.5 Å². The highest BCUT2D eigenvalue weighted by Gasteiger charge is 2.42. The van der Waals surface area contributed by atoms with E-state index in [1.54, 1.807) is 0 Å². The summed E-state index contributed by atoms with van der Waals surface area (Å²) in [4.78, 5) is 14.2. The van der Waals surface area contributed by atoms with Gasteiger partial charge >= 0.3 is 0 Å². The summed E-state index contributed by atoms with van der Waals surface area (Å²) in [5, 5.41) is 0. The molecule has 17 heavy (non-hydrogen) atoms. The third-order valence-electron chi connectivity index (χ3n) is 4.25. The van der Waals surface area contributed by atoms with E-state index in [4.69, 9.17) is 0 Å². The molecule has 1 aromatic rings. The van der Waals surface area contributed by atoms with Crippen molar-refractivity contribution in [3.8, 4) is 0 Å². The zero-order valence-corrected chi connectivity index (χ0v) is 10.4. The molecular weight excluding hydrogens is 210 g/mol. The van der Waals surface area contributed by atoms with Crippen molar-refractivity contribution in [3.05, 3.63) is 29.8 Å². The average Bonchev–Trinajstić information content (AvgIpc) is 2.88. The minimum Gasteiger partial charge on any atom is -0.309 e. The summed E-state index contributed by atoms with van der Waals surface area (Å²) in [5.41, 5.74) is 2.43. The van der Waals surface area contributed by atoms with Crippen LogP contribution in [-0.2, 0) is 11.2 Å². The molecule has 2 fully saturated rings. The molecule has 2 atom stereocenters. The molecule has 2 heteroatoms. The van der Waals surface area contributed by atoms with Gasteiger partial charge in [-0.2, -0.15) is 0 Å². The molecule has 1 heterocycles. The molecule has 1 saturated heterocycles. The first kappa shape index (κ1) is 10.8. The minimum atomic E-state index is 0.327. The fourth-order valence-electron chi connectivity index (χ4n) is 3.36. The van der Waals surface area contributed by atoms with Gasteiger partial charge < -0.3 is 4.90 Å². The van der Waals surface area contributed by atoms with Crippen molar-refractivity contribution in [3.63, 3.8) is 0 Å². The number of carbonyl (C=O) groups excluding carboxylic acids is 1. The van der Waals surface area contributed by atoms with Gasteiger partial charge in [-0.25, -0.2) is 0 Å². The van der Waals surface area contributed by atoms with E-state index in [1.165, 1.54) is 24.8 Å². The van der Waals surface area contributed by atoms with Crippen LogP contribution in [0.25, 0.3) is 0 Å². The van der Waals surface area contributed by atoms with Crippen LogP contribution >= 0.6 is 0 Å². The zero-order chi connectivity index (χ0) is 11.8. The standard InChI is InChI=1S/C15H19NO/c1-2-11-5-3-7-13(9-11)16-14-8-4-6-12(14)10-15(16)17/h3,5,7,9,12,14H,2,4,6,8,10H2,1H3/t12-,14?/m1/s1. The largest absolute Gasteiger partial charge is 0.309 e. The van der Waals surface area contributed by atoms with E-state index in [9.17, 15) is 4.79 Å². The lowest BCUT2D eigenvalue weighted by Gasteiger charge is -2.24. The van der Waals surface area contributed by atoms with Crippen LogP contribution in [0.1, 0.15) is 38.2 Å². The lowest BCUT2D eigenvalue weighted by molar-refractivity contribution is -0.117. The Morgan fingerprint density at radius 2 is 2.24 bits per heavy atom. The number of aryl methyl sites for hydroxylation is 1. The quantitative estimate of drug-likeness (QED) is 0.763. The van der Waals surface area contributed by atoms with Crippen molar-refractivity contribution in [2.24, 2.45) is 5.92 Å². The van der Waals surface area contributed by atoms with Crippen LogP contribution in [0.5, 0.6) is 0 Å². The van der Waals surface area contributed by atoms with Gasteiger partial charge in [-0.15, -0.1) is 0 Å². The Bertz CT molecular complexity index is 440. The van der Waals surface area contributed by atoms with E-state index < -0.39 is 0 Å². The maximum Gasteiger partial charge on any atom is 0.227 e. The molecule has 1 unspecified atom stereocenters. The molecule has 1 aliphatic carbocycles. The Morgan fingerprint density at radius 1 is 1.35 bits per heavy atom. The van der Waals surface area contributed by atoms with E-state index in [2.05, 4.69) is 36.1 Å². The first-order valence-electron chi connectivity index (χ1n) is 6.70. The summed E-state index contributed by atoms with van der Waals surface area (Å²) in [6.45, 7) is 2.16. The predicted molar refractivity (Wildman–Crippen MR) is 69.1 cm³/mol. The number of rotatable bonds is 2. The number of carbonyl (C=O) groups is 1. The highest BCUT2D eigenvalue weighted by molar-refractivity contribution is 5.96. The molecule has 1 saturated carbocycles. The molecule has 0 spiro atoms. The molecule has 1 amide bonds. The minimum absolute atomic E-state index is 0.327. The smallest absolute Gasteiger partial charge is 0.227 e. The predicted octanol–water partition coefficient (Wildman–Crippen LogP) is 3.15. The van der Waals surface area contributed by atoms with Gasteiger partial charge in [-0.1, -0.05) is 25.5 Å². The first-order valence-corrected chi connectivity index (χ1v) is 6.70. The Hall–Kier alpha value is -1.31. The molecule has 0 N–H and O–H groups in total. The van der Waals surface area contributed by atoms with Crippen LogP contribution in [-0.4, -0.2) is 11.9 Å². The van der Waals surface area contributed by atoms with Crippen LogP contribution in [0.2, 0.25) is 0 Å². The first-order chi connectivity index (χ1) is 8.29. The van der Waals surface area contributed by atoms with Crippen LogP contribution < -0.4 is 4.90 Å². The number of benzene rings is 1. The van der Waals surface area contributed by atoms with Crippen LogP contribution in [0.15, 0.2) is 24.3 Å². The molecule has 90 valence electrons. The fourth-order valence-corrected chi connectivity index (χ4v) is 3.36. The highest BCUT2D eigenvalue weighted by atomic mass is 16.2. The van der Waals surface area contributed by atoms with Crippen molar-refractivity contribution in [2.45, 2.75) is 45.1 Å². The Balaban J connectivity index is 1.94. The second-order valence-corrected chi connectivity index (χ2v) is 5.25. The number of hydrogen-bond acceptors (Lipinski definition) is 1. The zero-order valence-electron chi connectivity index (χ0n) is 10.4. The van der Waals surface area contributed by atoms with Gasteiger partial charge in [0.1, 0.15) is 0 Å². The molecule has 0 aromatic heterocycles. The number of nitrogens with zero attached hydrogens (tertiary/aromatic N) is 1. The molecule has 1 aromatic carbocycles. The average molecular weight is 229 g/mol. The van der Waals surface area contributed by atoms with Crippen LogP contribution in [0.3, 0.4) is 0 Å². The SMILES string of the molecule is CCc1cccc(N2C(=O)C[C@H]3CCCC32)c1. The Kier molecular flexibility index (Phi) is 2.65. The molecule has 2 aliphatic rings. The van der Waals surface area contributed by atoms with Gasteiger partial charge in [-0.3, -0.25) is 4.79 Å². The second-order valence-electron chi connectivity index (χ2n) is 5.25. The van der Waals surface area contributed by atoms with E-state index in [0.29, 0.717) is 17.9 Å². The van der Waals surface area contributed by atoms with Gasteiger partial charge in [0.2, 0.25) is 5.91 Å². The van der Waals surface area contributed by atoms with Crippen molar-refractivity contribution < 1.29 is 4.79 Å². The van der Waals surface area contributed by atoms with E-state index in [1.807, 2.05) is 0 Å². The van der Waals surface area contributed by atoms with E-state index in [-0.39, 0.29) is 0 Å². The van der Waals surface area contributed by atoms with Gasteiger partial charge in [0.05, 0.1) is 0 Å². The van der Waals surface area contributed by atoms with Crippen molar-refractivity contribution >= 4 is 11.6 Å². The second kappa shape index (κ2) is 4.17. The third-order valence-corrected chi connectivity index (χ3v) is 4.25. The third kappa shape index (κ3) is 1.76. The van der Waals surface area contributed by atoms with Crippen molar-refractivity contribution in [1.82, 2.24) is 0 Å². The molecular formula is C15H19NO. The molecule has 2 nitrogen and oxygen atoms in total. The van der Waals surface area contributed by atoms with Gasteiger partial charge in [0, 0.05) is 18.2 Å². The molecule has 3 rings (SSSR count). The number of hydrogen-bond donors (Lipinski definition) is 0. The summed E-state index contributed by atoms with van der Waals surface area (Å²) in [6, 6.07) is 8.95. The van der Waals surface area contributed by atoms with E-state index >= 15 is 0 Å².